The number of thiazole rings is 1. The highest BCUT2D eigenvalue weighted by atomic mass is 32.1. The first kappa shape index (κ1) is 24.2. The van der Waals surface area contributed by atoms with Crippen LogP contribution < -0.4 is 9.64 Å². The van der Waals surface area contributed by atoms with Crippen molar-refractivity contribution in [3.63, 3.8) is 0 Å². The lowest BCUT2D eigenvalue weighted by atomic mass is 10.1. The summed E-state index contributed by atoms with van der Waals surface area (Å²) in [6.45, 7) is 8.64. The van der Waals surface area contributed by atoms with E-state index in [-0.39, 0.29) is 5.91 Å². The van der Waals surface area contributed by atoms with Gasteiger partial charge in [0.25, 0.3) is 5.91 Å². The molecule has 0 aliphatic heterocycles. The summed E-state index contributed by atoms with van der Waals surface area (Å²) in [5, 5.41) is 0.758. The zero-order valence-corrected chi connectivity index (χ0v) is 20.8. The Hall–Kier alpha value is -2.44. The summed E-state index contributed by atoms with van der Waals surface area (Å²) in [7, 11) is 4.10. The lowest BCUT2D eigenvalue weighted by molar-refractivity contribution is 0.0986. The van der Waals surface area contributed by atoms with E-state index in [1.807, 2.05) is 29.2 Å². The zero-order valence-electron chi connectivity index (χ0n) is 20.0. The van der Waals surface area contributed by atoms with E-state index in [2.05, 4.69) is 51.9 Å². The Morgan fingerprint density at radius 3 is 2.41 bits per heavy atom. The molecular formula is C26H35N3O2S. The normalized spacial score (nSPS) is 11.3. The van der Waals surface area contributed by atoms with Crippen LogP contribution in [0.25, 0.3) is 10.2 Å². The molecule has 1 aromatic heterocycles. The summed E-state index contributed by atoms with van der Waals surface area (Å²) >= 11 is 1.58. The zero-order chi connectivity index (χ0) is 23.1. The number of carbonyl (C=O) groups is 1. The second kappa shape index (κ2) is 11.4. The molecule has 3 rings (SSSR count). The van der Waals surface area contributed by atoms with E-state index in [1.54, 1.807) is 11.3 Å². The molecule has 172 valence electrons. The van der Waals surface area contributed by atoms with E-state index in [9.17, 15) is 4.79 Å². The predicted molar refractivity (Wildman–Crippen MR) is 135 cm³/mol. The van der Waals surface area contributed by atoms with Crippen LogP contribution in [0.2, 0.25) is 0 Å². The molecular weight excluding hydrogens is 418 g/mol. The van der Waals surface area contributed by atoms with Crippen molar-refractivity contribution in [3.05, 3.63) is 53.1 Å². The van der Waals surface area contributed by atoms with Crippen molar-refractivity contribution >= 4 is 32.6 Å². The summed E-state index contributed by atoms with van der Waals surface area (Å²) in [6, 6.07) is 11.8. The fraction of sp³-hybridized carbons (Fsp3) is 0.462. The molecule has 0 aliphatic rings. The molecule has 0 saturated carbocycles. The second-order valence-corrected chi connectivity index (χ2v) is 9.60. The first-order valence-electron chi connectivity index (χ1n) is 11.5. The van der Waals surface area contributed by atoms with Gasteiger partial charge in [-0.15, -0.1) is 0 Å². The molecule has 5 nitrogen and oxygen atoms in total. The molecule has 0 N–H and O–H groups in total. The van der Waals surface area contributed by atoms with E-state index in [1.165, 1.54) is 24.0 Å². The standard InChI is InChI=1S/C26H35N3O2S/c1-6-7-8-16-31-22-12-10-21(11-13-22)25(30)29(15-9-14-28(4)5)26-27-23-17-19(2)20(3)18-24(23)32-26/h10-13,17-18H,6-9,14-16H2,1-5H3. The predicted octanol–water partition coefficient (Wildman–Crippen LogP) is 6.08. The third-order valence-electron chi connectivity index (χ3n) is 5.57. The van der Waals surface area contributed by atoms with Crippen molar-refractivity contribution < 1.29 is 9.53 Å². The minimum atomic E-state index is -0.0196. The summed E-state index contributed by atoms with van der Waals surface area (Å²) in [6.07, 6.45) is 4.27. The Labute approximate surface area is 196 Å². The van der Waals surface area contributed by atoms with Crippen molar-refractivity contribution in [2.45, 2.75) is 46.5 Å². The van der Waals surface area contributed by atoms with Crippen LogP contribution in [0.3, 0.4) is 0 Å². The highest BCUT2D eigenvalue weighted by Gasteiger charge is 2.21. The van der Waals surface area contributed by atoms with Gasteiger partial charge in [0.15, 0.2) is 5.13 Å². The van der Waals surface area contributed by atoms with E-state index in [4.69, 9.17) is 9.72 Å². The van der Waals surface area contributed by atoms with Gasteiger partial charge in [0, 0.05) is 12.1 Å². The number of nitrogens with zero attached hydrogens (tertiary/aromatic N) is 3. The Balaban J connectivity index is 1.81. The Bertz CT molecular complexity index is 988. The number of amides is 1. The quantitative estimate of drug-likeness (QED) is 0.330. The van der Waals surface area contributed by atoms with Crippen LogP contribution >= 0.6 is 11.3 Å². The minimum Gasteiger partial charge on any atom is -0.494 e. The van der Waals surface area contributed by atoms with E-state index in [0.29, 0.717) is 18.7 Å². The smallest absolute Gasteiger partial charge is 0.260 e. The van der Waals surface area contributed by atoms with Crippen LogP contribution in [0.1, 0.15) is 54.1 Å². The Morgan fingerprint density at radius 2 is 1.72 bits per heavy atom. The Kier molecular flexibility index (Phi) is 8.65. The molecule has 6 heteroatoms. The molecule has 0 saturated heterocycles. The topological polar surface area (TPSA) is 45.7 Å². The van der Waals surface area contributed by atoms with Gasteiger partial charge in [-0.3, -0.25) is 9.69 Å². The molecule has 0 bridgehead atoms. The number of fused-ring (bicyclic) bond motifs is 1. The molecule has 0 radical (unpaired) electrons. The van der Waals surface area contributed by atoms with Crippen molar-refractivity contribution in [1.29, 1.82) is 0 Å². The van der Waals surface area contributed by atoms with Crippen molar-refractivity contribution in [1.82, 2.24) is 9.88 Å². The van der Waals surface area contributed by atoms with Gasteiger partial charge in [-0.1, -0.05) is 31.1 Å². The third kappa shape index (κ3) is 6.30. The number of hydrogen-bond acceptors (Lipinski definition) is 5. The molecule has 1 amide bonds. The molecule has 0 atom stereocenters. The molecule has 3 aromatic rings. The molecule has 0 unspecified atom stereocenters. The number of aromatic nitrogens is 1. The lowest BCUT2D eigenvalue weighted by Gasteiger charge is -2.21. The maximum absolute atomic E-state index is 13.5. The molecule has 0 aliphatic carbocycles. The Morgan fingerprint density at radius 1 is 1.00 bits per heavy atom. The van der Waals surface area contributed by atoms with Crippen LogP contribution in [-0.2, 0) is 0 Å². The maximum Gasteiger partial charge on any atom is 0.260 e. The highest BCUT2D eigenvalue weighted by Crippen LogP contribution is 2.32. The van der Waals surface area contributed by atoms with Crippen LogP contribution in [0.4, 0.5) is 5.13 Å². The SMILES string of the molecule is CCCCCOc1ccc(C(=O)N(CCCN(C)C)c2nc3cc(C)c(C)cc3s2)cc1. The highest BCUT2D eigenvalue weighted by molar-refractivity contribution is 7.22. The van der Waals surface area contributed by atoms with Gasteiger partial charge in [-0.05, 0) is 94.9 Å². The summed E-state index contributed by atoms with van der Waals surface area (Å²) in [5.74, 6) is 0.788. The van der Waals surface area contributed by atoms with E-state index < -0.39 is 0 Å². The number of unbranched alkanes of at least 4 members (excludes halogenated alkanes) is 2. The number of anilines is 1. The van der Waals surface area contributed by atoms with Gasteiger partial charge in [0.2, 0.25) is 0 Å². The maximum atomic E-state index is 13.5. The molecule has 32 heavy (non-hydrogen) atoms. The molecule has 0 fully saturated rings. The molecule has 2 aromatic carbocycles. The lowest BCUT2D eigenvalue weighted by Crippen LogP contribution is -2.33. The number of rotatable bonds is 11. The van der Waals surface area contributed by atoms with Gasteiger partial charge < -0.3 is 9.64 Å². The average Bonchev–Trinajstić information content (AvgIpc) is 3.16. The molecule has 0 spiro atoms. The largest absolute Gasteiger partial charge is 0.494 e. The van der Waals surface area contributed by atoms with Crippen molar-refractivity contribution in [2.75, 3.05) is 38.7 Å². The number of carbonyl (C=O) groups excluding carboxylic acids is 1. The fourth-order valence-electron chi connectivity index (χ4n) is 3.50. The van der Waals surface area contributed by atoms with Crippen molar-refractivity contribution in [2.24, 2.45) is 0 Å². The fourth-order valence-corrected chi connectivity index (χ4v) is 4.57. The van der Waals surface area contributed by atoms with Gasteiger partial charge >= 0.3 is 0 Å². The van der Waals surface area contributed by atoms with Crippen molar-refractivity contribution in [3.8, 4) is 5.75 Å². The number of hydrogen-bond donors (Lipinski definition) is 0. The first-order valence-corrected chi connectivity index (χ1v) is 12.3. The van der Waals surface area contributed by atoms with E-state index in [0.717, 1.165) is 40.5 Å². The average molecular weight is 454 g/mol. The number of ether oxygens (including phenoxy) is 1. The third-order valence-corrected chi connectivity index (χ3v) is 6.61. The number of benzene rings is 2. The summed E-state index contributed by atoms with van der Waals surface area (Å²) in [4.78, 5) is 22.3. The number of aryl methyl sites for hydroxylation is 2. The molecule has 1 heterocycles. The van der Waals surface area contributed by atoms with Gasteiger partial charge in [0.1, 0.15) is 5.75 Å². The minimum absolute atomic E-state index is 0.0196. The van der Waals surface area contributed by atoms with E-state index >= 15 is 0 Å². The van der Waals surface area contributed by atoms with Crippen LogP contribution in [0.15, 0.2) is 36.4 Å². The van der Waals surface area contributed by atoms with Gasteiger partial charge in [-0.25, -0.2) is 4.98 Å². The van der Waals surface area contributed by atoms with Crippen LogP contribution in [0, 0.1) is 13.8 Å². The van der Waals surface area contributed by atoms with Crippen LogP contribution in [-0.4, -0.2) is 49.6 Å². The van der Waals surface area contributed by atoms with Gasteiger partial charge in [0.05, 0.1) is 16.8 Å². The second-order valence-electron chi connectivity index (χ2n) is 8.59. The summed E-state index contributed by atoms with van der Waals surface area (Å²) in [5.41, 5.74) is 4.07. The first-order chi connectivity index (χ1) is 15.4. The van der Waals surface area contributed by atoms with Gasteiger partial charge in [-0.2, -0.15) is 0 Å². The monoisotopic (exact) mass is 453 g/mol. The van der Waals surface area contributed by atoms with Crippen LogP contribution in [0.5, 0.6) is 5.75 Å². The summed E-state index contributed by atoms with van der Waals surface area (Å²) < 4.78 is 6.92.